The second-order valence-electron chi connectivity index (χ2n) is 6.90. The highest BCUT2D eigenvalue weighted by atomic mass is 32.2. The molecule has 1 aliphatic heterocycles. The zero-order valence-electron chi connectivity index (χ0n) is 16.0. The maximum Gasteiger partial charge on any atom is 0.243 e. The first kappa shape index (κ1) is 18.8. The summed E-state index contributed by atoms with van der Waals surface area (Å²) >= 11 is 0. The highest BCUT2D eigenvalue weighted by Crippen LogP contribution is 2.40. The lowest BCUT2D eigenvalue weighted by Crippen LogP contribution is -2.30. The smallest absolute Gasteiger partial charge is 0.243 e. The Bertz CT molecular complexity index is 1110. The van der Waals surface area contributed by atoms with Gasteiger partial charge in [-0.2, -0.15) is 4.31 Å². The molecule has 0 amide bonds. The molecule has 3 aromatic rings. The molecule has 1 atom stereocenters. The van der Waals surface area contributed by atoms with E-state index in [1.54, 1.807) is 30.7 Å². The molecule has 1 fully saturated rings. The van der Waals surface area contributed by atoms with Crippen LogP contribution in [-0.4, -0.2) is 33.5 Å². The summed E-state index contributed by atoms with van der Waals surface area (Å²) < 4.78 is 39.1. The van der Waals surface area contributed by atoms with Crippen LogP contribution in [0.15, 0.2) is 65.6 Å². The topological polar surface area (TPSA) is 55.8 Å². The van der Waals surface area contributed by atoms with Crippen molar-refractivity contribution in [3.8, 4) is 11.5 Å². The predicted molar refractivity (Wildman–Crippen MR) is 109 cm³/mol. The fourth-order valence-electron chi connectivity index (χ4n) is 3.88. The van der Waals surface area contributed by atoms with Crippen molar-refractivity contribution < 1.29 is 17.9 Å². The molecular formula is C22H23NO4S. The minimum atomic E-state index is -3.60. The van der Waals surface area contributed by atoms with E-state index in [4.69, 9.17) is 9.47 Å². The first-order chi connectivity index (χ1) is 13.5. The Labute approximate surface area is 165 Å². The van der Waals surface area contributed by atoms with Gasteiger partial charge in [0.1, 0.15) is 0 Å². The van der Waals surface area contributed by atoms with E-state index >= 15 is 0 Å². The number of nitrogens with zero attached hydrogens (tertiary/aromatic N) is 1. The van der Waals surface area contributed by atoms with Crippen molar-refractivity contribution in [1.82, 2.24) is 4.31 Å². The van der Waals surface area contributed by atoms with E-state index in [2.05, 4.69) is 0 Å². The summed E-state index contributed by atoms with van der Waals surface area (Å²) in [6.45, 7) is 0.508. The third kappa shape index (κ3) is 3.23. The molecule has 28 heavy (non-hydrogen) atoms. The molecule has 0 spiro atoms. The van der Waals surface area contributed by atoms with Crippen LogP contribution >= 0.6 is 0 Å². The summed E-state index contributed by atoms with van der Waals surface area (Å²) in [4.78, 5) is 0.332. The first-order valence-electron chi connectivity index (χ1n) is 9.27. The van der Waals surface area contributed by atoms with E-state index in [-0.39, 0.29) is 6.04 Å². The Morgan fingerprint density at radius 2 is 1.64 bits per heavy atom. The molecule has 3 aromatic carbocycles. The molecular weight excluding hydrogens is 374 g/mol. The molecule has 0 radical (unpaired) electrons. The number of hydrogen-bond donors (Lipinski definition) is 0. The number of fused-ring (bicyclic) bond motifs is 1. The lowest BCUT2D eigenvalue weighted by atomic mass is 10.0. The second kappa shape index (κ2) is 7.45. The van der Waals surface area contributed by atoms with E-state index < -0.39 is 10.0 Å². The second-order valence-corrected chi connectivity index (χ2v) is 8.79. The number of rotatable bonds is 5. The third-order valence-corrected chi connectivity index (χ3v) is 7.23. The van der Waals surface area contributed by atoms with Crippen molar-refractivity contribution in [2.45, 2.75) is 23.8 Å². The molecule has 0 aliphatic carbocycles. The molecule has 1 saturated heterocycles. The van der Waals surface area contributed by atoms with Gasteiger partial charge < -0.3 is 9.47 Å². The fourth-order valence-corrected chi connectivity index (χ4v) is 5.60. The van der Waals surface area contributed by atoms with Crippen molar-refractivity contribution in [3.63, 3.8) is 0 Å². The minimum Gasteiger partial charge on any atom is -0.493 e. The van der Waals surface area contributed by atoms with Gasteiger partial charge in [-0.05, 0) is 53.4 Å². The number of ether oxygens (including phenoxy) is 2. The molecule has 1 aliphatic rings. The van der Waals surface area contributed by atoms with Crippen LogP contribution in [0.2, 0.25) is 0 Å². The maximum atomic E-state index is 13.4. The van der Waals surface area contributed by atoms with Crippen LogP contribution in [0.3, 0.4) is 0 Å². The average Bonchev–Trinajstić information content (AvgIpc) is 3.23. The molecule has 146 valence electrons. The van der Waals surface area contributed by atoms with Crippen molar-refractivity contribution >= 4 is 20.8 Å². The number of sulfonamides is 1. The summed E-state index contributed by atoms with van der Waals surface area (Å²) in [5.41, 5.74) is 0.916. The van der Waals surface area contributed by atoms with Gasteiger partial charge in [-0.15, -0.1) is 0 Å². The lowest BCUT2D eigenvalue weighted by molar-refractivity contribution is 0.351. The summed E-state index contributed by atoms with van der Waals surface area (Å²) in [5.74, 6) is 1.24. The SMILES string of the molecule is COc1ccc([C@H]2CCCN2S(=O)(=O)c2ccc3ccccc3c2)cc1OC. The molecule has 0 aromatic heterocycles. The van der Waals surface area contributed by atoms with Crippen molar-refractivity contribution in [3.05, 3.63) is 66.2 Å². The van der Waals surface area contributed by atoms with Crippen molar-refractivity contribution in [2.75, 3.05) is 20.8 Å². The van der Waals surface area contributed by atoms with Crippen molar-refractivity contribution in [1.29, 1.82) is 0 Å². The summed E-state index contributed by atoms with van der Waals surface area (Å²) in [6, 6.07) is 18.5. The first-order valence-corrected chi connectivity index (χ1v) is 10.7. The number of benzene rings is 3. The molecule has 0 bridgehead atoms. The standard InChI is InChI=1S/C22H23NO4S/c1-26-21-12-10-18(15-22(21)27-2)20-8-5-13-23(20)28(24,25)19-11-9-16-6-3-4-7-17(16)14-19/h3-4,6-7,9-12,14-15,20H,5,8,13H2,1-2H3/t20-/m1/s1. The van der Waals surface area contributed by atoms with E-state index in [9.17, 15) is 8.42 Å². The molecule has 1 heterocycles. The zero-order chi connectivity index (χ0) is 19.7. The monoisotopic (exact) mass is 397 g/mol. The maximum absolute atomic E-state index is 13.4. The van der Waals surface area contributed by atoms with Gasteiger partial charge in [-0.1, -0.05) is 36.4 Å². The van der Waals surface area contributed by atoms with Crippen LogP contribution in [0, 0.1) is 0 Å². The van der Waals surface area contributed by atoms with E-state index in [0.717, 1.165) is 29.2 Å². The van der Waals surface area contributed by atoms with Crippen LogP contribution in [0.25, 0.3) is 10.8 Å². The van der Waals surface area contributed by atoms with Gasteiger partial charge in [0.15, 0.2) is 11.5 Å². The third-order valence-electron chi connectivity index (χ3n) is 5.32. The highest BCUT2D eigenvalue weighted by molar-refractivity contribution is 7.89. The Morgan fingerprint density at radius 3 is 2.39 bits per heavy atom. The van der Waals surface area contributed by atoms with Crippen LogP contribution in [0.5, 0.6) is 11.5 Å². The zero-order valence-corrected chi connectivity index (χ0v) is 16.8. The highest BCUT2D eigenvalue weighted by Gasteiger charge is 2.36. The van der Waals surface area contributed by atoms with E-state index in [1.165, 1.54) is 0 Å². The average molecular weight is 397 g/mol. The predicted octanol–water partition coefficient (Wildman–Crippen LogP) is 4.38. The largest absolute Gasteiger partial charge is 0.493 e. The van der Waals surface area contributed by atoms with Gasteiger partial charge in [0.2, 0.25) is 10.0 Å². The summed E-state index contributed by atoms with van der Waals surface area (Å²) in [6.07, 6.45) is 1.61. The lowest BCUT2D eigenvalue weighted by Gasteiger charge is -2.25. The summed E-state index contributed by atoms with van der Waals surface area (Å²) in [5, 5.41) is 1.95. The minimum absolute atomic E-state index is 0.212. The summed E-state index contributed by atoms with van der Waals surface area (Å²) in [7, 11) is -0.431. The molecule has 0 saturated carbocycles. The molecule has 5 nitrogen and oxygen atoms in total. The van der Waals surface area contributed by atoms with Gasteiger partial charge >= 0.3 is 0 Å². The van der Waals surface area contributed by atoms with Gasteiger partial charge in [0.05, 0.1) is 25.2 Å². The van der Waals surface area contributed by atoms with Gasteiger partial charge in [-0.25, -0.2) is 8.42 Å². The van der Waals surface area contributed by atoms with Crippen LogP contribution in [0.1, 0.15) is 24.4 Å². The van der Waals surface area contributed by atoms with Gasteiger partial charge in [0, 0.05) is 6.54 Å². The fraction of sp³-hybridized carbons (Fsp3) is 0.273. The van der Waals surface area contributed by atoms with Crippen LogP contribution < -0.4 is 9.47 Å². The quantitative estimate of drug-likeness (QED) is 0.641. The Hall–Kier alpha value is -2.57. The Balaban J connectivity index is 1.72. The van der Waals surface area contributed by atoms with Gasteiger partial charge in [0.25, 0.3) is 0 Å². The molecule has 0 unspecified atom stereocenters. The molecule has 0 N–H and O–H groups in total. The Morgan fingerprint density at radius 1 is 0.893 bits per heavy atom. The van der Waals surface area contributed by atoms with Crippen molar-refractivity contribution in [2.24, 2.45) is 0 Å². The van der Waals surface area contributed by atoms with E-state index in [0.29, 0.717) is 22.9 Å². The number of methoxy groups -OCH3 is 2. The van der Waals surface area contributed by atoms with E-state index in [1.807, 2.05) is 48.5 Å². The molecule has 4 rings (SSSR count). The van der Waals surface area contributed by atoms with Crippen LogP contribution in [-0.2, 0) is 10.0 Å². The van der Waals surface area contributed by atoms with Crippen LogP contribution in [0.4, 0.5) is 0 Å². The number of hydrogen-bond acceptors (Lipinski definition) is 4. The Kier molecular flexibility index (Phi) is 5.00. The normalized spacial score (nSPS) is 17.7. The van der Waals surface area contributed by atoms with Gasteiger partial charge in [-0.3, -0.25) is 0 Å². The molecule has 6 heteroatoms.